The predicted octanol–water partition coefficient (Wildman–Crippen LogP) is 1.93. The van der Waals surface area contributed by atoms with Gasteiger partial charge < -0.3 is 4.90 Å². The highest BCUT2D eigenvalue weighted by molar-refractivity contribution is 4.78. The molecule has 1 fully saturated rings. The topological polar surface area (TPSA) is 3.24 Å². The Balaban J connectivity index is 0.000000371. The average molecular weight is 147 g/mol. The van der Waals surface area contributed by atoms with Crippen molar-refractivity contribution >= 4 is 0 Å². The number of alkyl halides is 1. The van der Waals surface area contributed by atoms with Crippen molar-refractivity contribution in [2.45, 2.75) is 26.9 Å². The minimum atomic E-state index is -0.583. The molecule has 1 aliphatic rings. The van der Waals surface area contributed by atoms with E-state index in [0.717, 1.165) is 6.54 Å². The monoisotopic (exact) mass is 147 g/mol. The van der Waals surface area contributed by atoms with Crippen molar-refractivity contribution in [3.63, 3.8) is 0 Å². The first kappa shape index (κ1) is 9.89. The predicted molar refractivity (Wildman–Crippen MR) is 42.9 cm³/mol. The van der Waals surface area contributed by atoms with Gasteiger partial charge >= 0.3 is 0 Å². The maximum absolute atomic E-state index is 12.5. The van der Waals surface area contributed by atoms with Crippen molar-refractivity contribution in [1.82, 2.24) is 4.90 Å². The van der Waals surface area contributed by atoms with Crippen molar-refractivity contribution in [1.29, 1.82) is 0 Å². The summed E-state index contributed by atoms with van der Waals surface area (Å²) in [7, 11) is 1.95. The summed E-state index contributed by atoms with van der Waals surface area (Å²) in [5, 5.41) is 0. The van der Waals surface area contributed by atoms with Crippen molar-refractivity contribution in [3.05, 3.63) is 0 Å². The van der Waals surface area contributed by atoms with Gasteiger partial charge in [0.05, 0.1) is 0 Å². The maximum Gasteiger partial charge on any atom is 0.116 e. The van der Waals surface area contributed by atoms with Crippen LogP contribution in [0.4, 0.5) is 4.39 Å². The molecule has 2 heteroatoms. The van der Waals surface area contributed by atoms with Crippen LogP contribution in [0.1, 0.15) is 20.8 Å². The van der Waals surface area contributed by atoms with Crippen LogP contribution in [0, 0.1) is 5.92 Å². The van der Waals surface area contributed by atoms with Gasteiger partial charge in [-0.3, -0.25) is 0 Å². The van der Waals surface area contributed by atoms with Crippen molar-refractivity contribution in [2.75, 3.05) is 20.1 Å². The fourth-order valence-electron chi connectivity index (χ4n) is 1.16. The van der Waals surface area contributed by atoms with Crippen LogP contribution in [0.5, 0.6) is 0 Å². The fourth-order valence-corrected chi connectivity index (χ4v) is 1.16. The molecule has 0 aromatic carbocycles. The number of rotatable bonds is 0. The largest absolute Gasteiger partial charge is 0.303 e. The molecule has 0 amide bonds. The zero-order valence-electron chi connectivity index (χ0n) is 7.39. The zero-order chi connectivity index (χ0) is 8.15. The fraction of sp³-hybridized carbons (Fsp3) is 1.00. The third kappa shape index (κ3) is 2.65. The van der Waals surface area contributed by atoms with E-state index in [-0.39, 0.29) is 5.92 Å². The van der Waals surface area contributed by atoms with Gasteiger partial charge in [0.25, 0.3) is 0 Å². The lowest BCUT2D eigenvalue weighted by atomic mass is 10.1. The molecule has 0 saturated carbocycles. The molecule has 62 valence electrons. The van der Waals surface area contributed by atoms with Crippen LogP contribution in [0.25, 0.3) is 0 Å². The minimum absolute atomic E-state index is 0.250. The lowest BCUT2D eigenvalue weighted by Gasteiger charge is -2.02. The smallest absolute Gasteiger partial charge is 0.116 e. The molecular formula is C8H18FN. The number of hydrogen-bond donors (Lipinski definition) is 0. The summed E-state index contributed by atoms with van der Waals surface area (Å²) >= 11 is 0. The molecule has 10 heavy (non-hydrogen) atoms. The van der Waals surface area contributed by atoms with E-state index in [1.165, 1.54) is 0 Å². The Morgan fingerprint density at radius 1 is 1.30 bits per heavy atom. The van der Waals surface area contributed by atoms with E-state index in [1.54, 1.807) is 0 Å². The number of likely N-dealkylation sites (tertiary alicyclic amines) is 1. The van der Waals surface area contributed by atoms with E-state index in [0.29, 0.717) is 6.54 Å². The summed E-state index contributed by atoms with van der Waals surface area (Å²) in [5.74, 6) is 0.250. The molecule has 0 unspecified atom stereocenters. The Labute approximate surface area is 63.2 Å². The molecule has 1 rings (SSSR count). The summed E-state index contributed by atoms with van der Waals surface area (Å²) in [6.07, 6.45) is -0.583. The highest BCUT2D eigenvalue weighted by Crippen LogP contribution is 2.16. The second kappa shape index (κ2) is 4.67. The third-order valence-electron chi connectivity index (χ3n) is 1.70. The van der Waals surface area contributed by atoms with Gasteiger partial charge in [0.2, 0.25) is 0 Å². The van der Waals surface area contributed by atoms with Gasteiger partial charge in [-0.25, -0.2) is 4.39 Å². The molecule has 0 aromatic rings. The second-order valence-electron chi connectivity index (χ2n) is 2.71. The zero-order valence-corrected chi connectivity index (χ0v) is 7.39. The first-order valence-corrected chi connectivity index (χ1v) is 4.03. The molecule has 0 aliphatic carbocycles. The molecule has 1 saturated heterocycles. The van der Waals surface area contributed by atoms with Crippen molar-refractivity contribution in [3.8, 4) is 0 Å². The Morgan fingerprint density at radius 2 is 1.80 bits per heavy atom. The van der Waals surface area contributed by atoms with Crippen LogP contribution < -0.4 is 0 Å². The first-order chi connectivity index (χ1) is 4.70. The van der Waals surface area contributed by atoms with Crippen LogP contribution in [-0.2, 0) is 0 Å². The molecule has 0 N–H and O–H groups in total. The molecule has 0 spiro atoms. The molecular weight excluding hydrogens is 129 g/mol. The normalized spacial score (nSPS) is 33.3. The van der Waals surface area contributed by atoms with E-state index >= 15 is 0 Å². The summed E-state index contributed by atoms with van der Waals surface area (Å²) in [6, 6.07) is 0. The standard InChI is InChI=1S/C6H12FN.C2H6/c1-5-3-8(2)4-6(5)7;1-2/h5-6H,3-4H2,1-2H3;1-2H3/t5-,6-;/m1./s1. The summed E-state index contributed by atoms with van der Waals surface area (Å²) in [6.45, 7) is 7.50. The molecule has 0 aromatic heterocycles. The maximum atomic E-state index is 12.5. The van der Waals surface area contributed by atoms with Crippen LogP contribution >= 0.6 is 0 Å². The Hall–Kier alpha value is -0.110. The lowest BCUT2D eigenvalue weighted by molar-refractivity contribution is 0.289. The van der Waals surface area contributed by atoms with Gasteiger partial charge in [0.15, 0.2) is 0 Å². The van der Waals surface area contributed by atoms with Gasteiger partial charge in [-0.05, 0) is 7.05 Å². The van der Waals surface area contributed by atoms with Gasteiger partial charge in [0, 0.05) is 19.0 Å². The average Bonchev–Trinajstić information content (AvgIpc) is 2.16. The van der Waals surface area contributed by atoms with Gasteiger partial charge in [-0.1, -0.05) is 20.8 Å². The van der Waals surface area contributed by atoms with Crippen molar-refractivity contribution < 1.29 is 4.39 Å². The van der Waals surface area contributed by atoms with Gasteiger partial charge in [0.1, 0.15) is 6.17 Å². The summed E-state index contributed by atoms with van der Waals surface area (Å²) in [5.41, 5.74) is 0. The van der Waals surface area contributed by atoms with Gasteiger partial charge in [-0.15, -0.1) is 0 Å². The summed E-state index contributed by atoms with van der Waals surface area (Å²) in [4.78, 5) is 2.02. The molecule has 1 aliphatic heterocycles. The Kier molecular flexibility index (Phi) is 4.62. The molecule has 2 atom stereocenters. The van der Waals surface area contributed by atoms with E-state index in [9.17, 15) is 4.39 Å². The lowest BCUT2D eigenvalue weighted by Crippen LogP contribution is -2.13. The highest BCUT2D eigenvalue weighted by Gasteiger charge is 2.26. The van der Waals surface area contributed by atoms with E-state index in [2.05, 4.69) is 0 Å². The first-order valence-electron chi connectivity index (χ1n) is 4.03. The quantitative estimate of drug-likeness (QED) is 0.506. The summed E-state index contributed by atoms with van der Waals surface area (Å²) < 4.78 is 12.5. The highest BCUT2D eigenvalue weighted by atomic mass is 19.1. The Bertz CT molecular complexity index is 75.3. The molecule has 1 nitrogen and oxygen atoms in total. The SMILES string of the molecule is CC.C[C@@H]1CN(C)C[C@H]1F. The Morgan fingerprint density at radius 3 is 1.90 bits per heavy atom. The number of hydrogen-bond acceptors (Lipinski definition) is 1. The van der Waals surface area contributed by atoms with E-state index in [1.807, 2.05) is 32.7 Å². The van der Waals surface area contributed by atoms with Crippen LogP contribution in [0.3, 0.4) is 0 Å². The molecule has 0 bridgehead atoms. The molecule has 1 heterocycles. The van der Waals surface area contributed by atoms with Gasteiger partial charge in [-0.2, -0.15) is 0 Å². The minimum Gasteiger partial charge on any atom is -0.303 e. The van der Waals surface area contributed by atoms with Crippen LogP contribution in [0.2, 0.25) is 0 Å². The van der Waals surface area contributed by atoms with E-state index < -0.39 is 6.17 Å². The van der Waals surface area contributed by atoms with Crippen LogP contribution in [0.15, 0.2) is 0 Å². The third-order valence-corrected chi connectivity index (χ3v) is 1.70. The second-order valence-corrected chi connectivity index (χ2v) is 2.71. The van der Waals surface area contributed by atoms with E-state index in [4.69, 9.17) is 0 Å². The van der Waals surface area contributed by atoms with Crippen molar-refractivity contribution in [2.24, 2.45) is 5.92 Å². The number of nitrogens with zero attached hydrogens (tertiary/aromatic N) is 1. The number of halogens is 1. The molecule has 0 radical (unpaired) electrons. The van der Waals surface area contributed by atoms with Crippen LogP contribution in [-0.4, -0.2) is 31.2 Å².